The Labute approximate surface area is 124 Å². The summed E-state index contributed by atoms with van der Waals surface area (Å²) in [5, 5.41) is 19.9. The number of benzene rings is 2. The van der Waals surface area contributed by atoms with Gasteiger partial charge in [0.15, 0.2) is 0 Å². The molecule has 0 bridgehead atoms. The van der Waals surface area contributed by atoms with Gasteiger partial charge in [-0.1, -0.05) is 30.3 Å². The molecule has 2 aromatic rings. The van der Waals surface area contributed by atoms with Gasteiger partial charge in [0.25, 0.3) is 0 Å². The van der Waals surface area contributed by atoms with Gasteiger partial charge >= 0.3 is 5.69 Å². The number of aliphatic hydroxyl groups excluding tert-OH is 1. The van der Waals surface area contributed by atoms with E-state index in [0.29, 0.717) is 4.47 Å². The minimum atomic E-state index is -0.477. The molecule has 1 N–H and O–H groups in total. The van der Waals surface area contributed by atoms with E-state index in [0.717, 1.165) is 11.1 Å². The molecule has 2 rings (SSSR count). The predicted octanol–water partition coefficient (Wildman–Crippen LogP) is 3.43. The first-order valence-corrected chi connectivity index (χ1v) is 6.65. The minimum Gasteiger partial charge on any atom is -0.481 e. The zero-order chi connectivity index (χ0) is 14.5. The van der Waals surface area contributed by atoms with E-state index >= 15 is 0 Å². The number of halogens is 1. The summed E-state index contributed by atoms with van der Waals surface area (Å²) in [6.07, 6.45) is 0. The van der Waals surface area contributed by atoms with Crippen LogP contribution in [0.3, 0.4) is 0 Å². The SMILES string of the molecule is O=[N+]([O-])c1cccc(Br)c1OCc1ccc(CO)cc1. The highest BCUT2D eigenvalue weighted by Crippen LogP contribution is 2.35. The highest BCUT2D eigenvalue weighted by molar-refractivity contribution is 9.10. The lowest BCUT2D eigenvalue weighted by Crippen LogP contribution is -2.00. The fourth-order valence-electron chi connectivity index (χ4n) is 1.68. The third-order valence-electron chi connectivity index (χ3n) is 2.73. The molecule has 0 atom stereocenters. The van der Waals surface area contributed by atoms with Crippen LogP contribution >= 0.6 is 15.9 Å². The molecule has 0 heterocycles. The number of nitrogens with zero attached hydrogens (tertiary/aromatic N) is 1. The molecule has 6 heteroatoms. The second-order valence-electron chi connectivity index (χ2n) is 4.11. The fourth-order valence-corrected chi connectivity index (χ4v) is 2.15. The van der Waals surface area contributed by atoms with Crippen LogP contribution in [0.1, 0.15) is 11.1 Å². The quantitative estimate of drug-likeness (QED) is 0.670. The molecule has 0 aromatic heterocycles. The van der Waals surface area contributed by atoms with Gasteiger partial charge in [-0.15, -0.1) is 0 Å². The Morgan fingerprint density at radius 1 is 1.15 bits per heavy atom. The third kappa shape index (κ3) is 3.34. The minimum absolute atomic E-state index is 0.0170. The smallest absolute Gasteiger partial charge is 0.312 e. The van der Waals surface area contributed by atoms with E-state index in [1.54, 1.807) is 24.3 Å². The van der Waals surface area contributed by atoms with E-state index < -0.39 is 4.92 Å². The molecule has 0 spiro atoms. The third-order valence-corrected chi connectivity index (χ3v) is 3.36. The number of ether oxygens (including phenoxy) is 1. The van der Waals surface area contributed by atoms with Crippen molar-refractivity contribution in [2.45, 2.75) is 13.2 Å². The summed E-state index contributed by atoms with van der Waals surface area (Å²) in [6.45, 7) is 0.200. The molecule has 0 fully saturated rings. The van der Waals surface area contributed by atoms with E-state index in [9.17, 15) is 10.1 Å². The Morgan fingerprint density at radius 2 is 1.80 bits per heavy atom. The molecule has 0 saturated heterocycles. The van der Waals surface area contributed by atoms with Crippen LogP contribution < -0.4 is 4.74 Å². The Morgan fingerprint density at radius 3 is 2.40 bits per heavy atom. The molecule has 104 valence electrons. The summed E-state index contributed by atoms with van der Waals surface area (Å²) in [7, 11) is 0. The molecule has 0 saturated carbocycles. The highest BCUT2D eigenvalue weighted by Gasteiger charge is 2.17. The van der Waals surface area contributed by atoms with Crippen molar-refractivity contribution in [3.8, 4) is 5.75 Å². The predicted molar refractivity (Wildman–Crippen MR) is 77.5 cm³/mol. The summed E-state index contributed by atoms with van der Waals surface area (Å²) in [4.78, 5) is 10.5. The summed E-state index contributed by atoms with van der Waals surface area (Å²) in [6, 6.07) is 11.9. The van der Waals surface area contributed by atoms with Gasteiger partial charge in [0, 0.05) is 6.07 Å². The molecule has 0 aliphatic rings. The number of para-hydroxylation sites is 1. The van der Waals surface area contributed by atoms with Gasteiger partial charge in [-0.25, -0.2) is 0 Å². The van der Waals surface area contributed by atoms with Crippen LogP contribution in [0.5, 0.6) is 5.75 Å². The number of nitro groups is 1. The summed E-state index contributed by atoms with van der Waals surface area (Å²) in [5.74, 6) is 0.212. The van der Waals surface area contributed by atoms with E-state index in [-0.39, 0.29) is 24.7 Å². The first-order valence-electron chi connectivity index (χ1n) is 5.86. The Bertz CT molecular complexity index is 613. The van der Waals surface area contributed by atoms with Gasteiger partial charge in [0.05, 0.1) is 16.0 Å². The van der Waals surface area contributed by atoms with E-state index in [4.69, 9.17) is 9.84 Å². The molecule has 0 unspecified atom stereocenters. The normalized spacial score (nSPS) is 10.3. The summed E-state index contributed by atoms with van der Waals surface area (Å²) in [5.41, 5.74) is 1.60. The zero-order valence-electron chi connectivity index (χ0n) is 10.5. The van der Waals surface area contributed by atoms with Crippen LogP contribution in [0.25, 0.3) is 0 Å². The lowest BCUT2D eigenvalue weighted by molar-refractivity contribution is -0.386. The molecule has 0 aliphatic carbocycles. The molecular weight excluding hydrogens is 326 g/mol. The number of nitro benzene ring substituents is 1. The van der Waals surface area contributed by atoms with E-state index in [2.05, 4.69) is 15.9 Å². The van der Waals surface area contributed by atoms with Crippen molar-refractivity contribution in [3.63, 3.8) is 0 Å². The number of hydrogen-bond acceptors (Lipinski definition) is 4. The van der Waals surface area contributed by atoms with Crippen molar-refractivity contribution in [3.05, 3.63) is 68.2 Å². The van der Waals surface area contributed by atoms with Crippen LogP contribution in [0, 0.1) is 10.1 Å². The molecule has 0 aliphatic heterocycles. The van der Waals surface area contributed by atoms with Crippen LogP contribution in [0.4, 0.5) is 5.69 Å². The first kappa shape index (κ1) is 14.5. The maximum Gasteiger partial charge on any atom is 0.312 e. The fraction of sp³-hybridized carbons (Fsp3) is 0.143. The summed E-state index contributed by atoms with van der Waals surface area (Å²) >= 11 is 3.25. The maximum absolute atomic E-state index is 10.9. The van der Waals surface area contributed by atoms with Crippen molar-refractivity contribution >= 4 is 21.6 Å². The standard InChI is InChI=1S/C14H12BrNO4/c15-12-2-1-3-13(16(18)19)14(12)20-9-11-6-4-10(8-17)5-7-11/h1-7,17H,8-9H2. The van der Waals surface area contributed by atoms with E-state index in [1.807, 2.05) is 12.1 Å². The highest BCUT2D eigenvalue weighted by atomic mass is 79.9. The van der Waals surface area contributed by atoms with Crippen molar-refractivity contribution in [1.29, 1.82) is 0 Å². The molecular formula is C14H12BrNO4. The topological polar surface area (TPSA) is 72.6 Å². The van der Waals surface area contributed by atoms with Crippen LogP contribution in [0.2, 0.25) is 0 Å². The molecule has 20 heavy (non-hydrogen) atoms. The van der Waals surface area contributed by atoms with Crippen molar-refractivity contribution in [2.75, 3.05) is 0 Å². The van der Waals surface area contributed by atoms with Crippen LogP contribution in [0.15, 0.2) is 46.9 Å². The average molecular weight is 338 g/mol. The zero-order valence-corrected chi connectivity index (χ0v) is 12.0. The van der Waals surface area contributed by atoms with Crippen molar-refractivity contribution < 1.29 is 14.8 Å². The lowest BCUT2D eigenvalue weighted by atomic mass is 10.1. The number of aliphatic hydroxyl groups is 1. The van der Waals surface area contributed by atoms with Crippen LogP contribution in [-0.4, -0.2) is 10.0 Å². The van der Waals surface area contributed by atoms with Crippen molar-refractivity contribution in [1.82, 2.24) is 0 Å². The lowest BCUT2D eigenvalue weighted by Gasteiger charge is -2.09. The van der Waals surface area contributed by atoms with Crippen LogP contribution in [-0.2, 0) is 13.2 Å². The Balaban J connectivity index is 2.16. The van der Waals surface area contributed by atoms with Gasteiger partial charge in [-0.05, 0) is 33.1 Å². The average Bonchev–Trinajstić information content (AvgIpc) is 2.46. The maximum atomic E-state index is 10.9. The molecule has 0 amide bonds. The largest absolute Gasteiger partial charge is 0.481 e. The molecule has 2 aromatic carbocycles. The Hall–Kier alpha value is -1.92. The number of rotatable bonds is 5. The molecule has 0 radical (unpaired) electrons. The second-order valence-corrected chi connectivity index (χ2v) is 4.96. The van der Waals surface area contributed by atoms with Gasteiger partial charge in [-0.2, -0.15) is 0 Å². The van der Waals surface area contributed by atoms with Crippen molar-refractivity contribution in [2.24, 2.45) is 0 Å². The van der Waals surface area contributed by atoms with Gasteiger partial charge < -0.3 is 9.84 Å². The van der Waals surface area contributed by atoms with Gasteiger partial charge in [0.2, 0.25) is 5.75 Å². The summed E-state index contributed by atoms with van der Waals surface area (Å²) < 4.78 is 6.08. The first-order chi connectivity index (χ1) is 9.61. The second kappa shape index (κ2) is 6.49. The monoisotopic (exact) mass is 337 g/mol. The van der Waals surface area contributed by atoms with Gasteiger partial charge in [0.1, 0.15) is 6.61 Å². The number of hydrogen-bond donors (Lipinski definition) is 1. The Kier molecular flexibility index (Phi) is 4.70. The van der Waals surface area contributed by atoms with Gasteiger partial charge in [-0.3, -0.25) is 10.1 Å². The van der Waals surface area contributed by atoms with E-state index in [1.165, 1.54) is 6.07 Å². The molecule has 5 nitrogen and oxygen atoms in total.